The average molecular weight is 210 g/mol. The number of rotatable bonds is 3. The van der Waals surface area contributed by atoms with E-state index in [4.69, 9.17) is 4.74 Å². The van der Waals surface area contributed by atoms with Gasteiger partial charge < -0.3 is 14.5 Å². The number of hydrogen-bond donors (Lipinski definition) is 0. The van der Waals surface area contributed by atoms with Gasteiger partial charge in [-0.2, -0.15) is 0 Å². The van der Waals surface area contributed by atoms with E-state index in [1.54, 1.807) is 0 Å². The molecule has 15 heavy (non-hydrogen) atoms. The van der Waals surface area contributed by atoms with Crippen LogP contribution in [0.3, 0.4) is 0 Å². The molecule has 0 unspecified atom stereocenters. The third-order valence-electron chi connectivity index (χ3n) is 4.08. The quantitative estimate of drug-likeness (QED) is 0.646. The molecule has 0 radical (unpaired) electrons. The van der Waals surface area contributed by atoms with Crippen LogP contribution in [-0.2, 0) is 4.74 Å². The lowest BCUT2D eigenvalue weighted by molar-refractivity contribution is 0.121. The van der Waals surface area contributed by atoms with Gasteiger partial charge in [-0.05, 0) is 51.9 Å². The fourth-order valence-electron chi connectivity index (χ4n) is 3.04. The maximum absolute atomic E-state index is 5.29. The summed E-state index contributed by atoms with van der Waals surface area (Å²) >= 11 is 0. The molecule has 0 aliphatic carbocycles. The number of piperidine rings is 1. The van der Waals surface area contributed by atoms with Crippen LogP contribution in [0.4, 0.5) is 0 Å². The van der Waals surface area contributed by atoms with Gasteiger partial charge in [0.15, 0.2) is 0 Å². The first-order valence-corrected chi connectivity index (χ1v) is 6.50. The number of likely N-dealkylation sites (tertiary alicyclic amines) is 2. The molecule has 3 heteroatoms. The number of epoxide rings is 1. The maximum atomic E-state index is 5.29. The van der Waals surface area contributed by atoms with E-state index < -0.39 is 0 Å². The van der Waals surface area contributed by atoms with Crippen molar-refractivity contribution < 1.29 is 4.74 Å². The molecule has 0 amide bonds. The van der Waals surface area contributed by atoms with E-state index in [1.165, 1.54) is 58.4 Å². The van der Waals surface area contributed by atoms with Crippen molar-refractivity contribution in [1.29, 1.82) is 0 Å². The van der Waals surface area contributed by atoms with E-state index in [-0.39, 0.29) is 0 Å². The zero-order chi connectivity index (χ0) is 10.1. The van der Waals surface area contributed by atoms with Crippen LogP contribution in [0.5, 0.6) is 0 Å². The molecule has 86 valence electrons. The first-order chi connectivity index (χ1) is 7.42. The van der Waals surface area contributed by atoms with E-state index in [0.29, 0.717) is 6.10 Å². The Morgan fingerprint density at radius 2 is 1.67 bits per heavy atom. The minimum absolute atomic E-state index is 0.577. The van der Waals surface area contributed by atoms with Gasteiger partial charge >= 0.3 is 0 Å². The minimum Gasteiger partial charge on any atom is -0.372 e. The van der Waals surface area contributed by atoms with Gasteiger partial charge in [0.05, 0.1) is 12.7 Å². The molecule has 0 saturated carbocycles. The van der Waals surface area contributed by atoms with Crippen LogP contribution in [0, 0.1) is 0 Å². The molecular formula is C12H22N2O. The SMILES string of the molecule is C1CCN(C2CCN(C[C@@H]3CO3)CC2)C1. The van der Waals surface area contributed by atoms with Gasteiger partial charge in [-0.1, -0.05) is 0 Å². The van der Waals surface area contributed by atoms with Crippen molar-refractivity contribution in [2.45, 2.75) is 37.8 Å². The highest BCUT2D eigenvalue weighted by molar-refractivity contribution is 4.84. The Kier molecular flexibility index (Phi) is 2.95. The predicted octanol–water partition coefficient (Wildman–Crippen LogP) is 0.945. The van der Waals surface area contributed by atoms with Gasteiger partial charge in [0, 0.05) is 12.6 Å². The van der Waals surface area contributed by atoms with Gasteiger partial charge in [0.1, 0.15) is 0 Å². The summed E-state index contributed by atoms with van der Waals surface area (Å²) in [6.45, 7) is 7.49. The van der Waals surface area contributed by atoms with Crippen LogP contribution in [0.2, 0.25) is 0 Å². The van der Waals surface area contributed by atoms with Gasteiger partial charge in [0.2, 0.25) is 0 Å². The van der Waals surface area contributed by atoms with Crippen LogP contribution in [0.25, 0.3) is 0 Å². The molecule has 3 heterocycles. The molecule has 0 spiro atoms. The zero-order valence-corrected chi connectivity index (χ0v) is 9.53. The Bertz CT molecular complexity index is 204. The van der Waals surface area contributed by atoms with Gasteiger partial charge in [-0.3, -0.25) is 0 Å². The first-order valence-electron chi connectivity index (χ1n) is 6.50. The Labute approximate surface area is 92.4 Å². The van der Waals surface area contributed by atoms with E-state index >= 15 is 0 Å². The first kappa shape index (κ1) is 10.1. The van der Waals surface area contributed by atoms with Crippen molar-refractivity contribution in [1.82, 2.24) is 9.80 Å². The fourth-order valence-corrected chi connectivity index (χ4v) is 3.04. The Morgan fingerprint density at radius 1 is 1.00 bits per heavy atom. The lowest BCUT2D eigenvalue weighted by Crippen LogP contribution is -2.44. The molecule has 3 nitrogen and oxygen atoms in total. The molecular weight excluding hydrogens is 188 g/mol. The van der Waals surface area contributed by atoms with Crippen LogP contribution in [-0.4, -0.2) is 61.3 Å². The highest BCUT2D eigenvalue weighted by Gasteiger charge is 2.30. The third-order valence-corrected chi connectivity index (χ3v) is 4.08. The second-order valence-corrected chi connectivity index (χ2v) is 5.23. The second kappa shape index (κ2) is 4.40. The second-order valence-electron chi connectivity index (χ2n) is 5.23. The van der Waals surface area contributed by atoms with Gasteiger partial charge in [0.25, 0.3) is 0 Å². The summed E-state index contributed by atoms with van der Waals surface area (Å²) in [6, 6.07) is 0.892. The summed E-state index contributed by atoms with van der Waals surface area (Å²) in [4.78, 5) is 5.30. The Balaban J connectivity index is 1.42. The van der Waals surface area contributed by atoms with Crippen LogP contribution < -0.4 is 0 Å². The maximum Gasteiger partial charge on any atom is 0.0936 e. The molecule has 0 aromatic rings. The Morgan fingerprint density at radius 3 is 2.27 bits per heavy atom. The molecule has 0 N–H and O–H groups in total. The van der Waals surface area contributed by atoms with Crippen LogP contribution >= 0.6 is 0 Å². The largest absolute Gasteiger partial charge is 0.372 e. The van der Waals surface area contributed by atoms with Gasteiger partial charge in [-0.15, -0.1) is 0 Å². The summed E-state index contributed by atoms with van der Waals surface area (Å²) in [5, 5.41) is 0. The minimum atomic E-state index is 0.577. The summed E-state index contributed by atoms with van der Waals surface area (Å²) < 4.78 is 5.29. The lowest BCUT2D eigenvalue weighted by atomic mass is 10.0. The van der Waals surface area contributed by atoms with Crippen LogP contribution in [0.1, 0.15) is 25.7 Å². The summed E-state index contributed by atoms with van der Waals surface area (Å²) in [5.41, 5.74) is 0. The highest BCUT2D eigenvalue weighted by Crippen LogP contribution is 2.22. The fraction of sp³-hybridized carbons (Fsp3) is 1.00. The monoisotopic (exact) mass is 210 g/mol. The molecule has 3 saturated heterocycles. The molecule has 0 aromatic heterocycles. The molecule has 3 aliphatic rings. The zero-order valence-electron chi connectivity index (χ0n) is 9.53. The standard InChI is InChI=1S/C12H22N2O/c1-2-6-14(5-1)11-3-7-13(8-4-11)9-12-10-15-12/h11-12H,1-10H2/t12-/m1/s1. The predicted molar refractivity (Wildman–Crippen MR) is 60.0 cm³/mol. The number of nitrogens with zero attached hydrogens (tertiary/aromatic N) is 2. The van der Waals surface area contributed by atoms with Crippen molar-refractivity contribution in [3.05, 3.63) is 0 Å². The molecule has 3 fully saturated rings. The lowest BCUT2D eigenvalue weighted by Gasteiger charge is -2.36. The third kappa shape index (κ3) is 2.52. The van der Waals surface area contributed by atoms with Crippen molar-refractivity contribution in [2.24, 2.45) is 0 Å². The number of hydrogen-bond acceptors (Lipinski definition) is 3. The van der Waals surface area contributed by atoms with E-state index in [1.807, 2.05) is 0 Å². The summed E-state index contributed by atoms with van der Waals surface area (Å²) in [7, 11) is 0. The molecule has 3 rings (SSSR count). The van der Waals surface area contributed by atoms with E-state index in [9.17, 15) is 0 Å². The molecule has 3 aliphatic heterocycles. The average Bonchev–Trinajstić information content (AvgIpc) is 2.92. The number of ether oxygens (including phenoxy) is 1. The van der Waals surface area contributed by atoms with Gasteiger partial charge in [-0.25, -0.2) is 0 Å². The van der Waals surface area contributed by atoms with Crippen molar-refractivity contribution >= 4 is 0 Å². The molecule has 1 atom stereocenters. The van der Waals surface area contributed by atoms with E-state index in [0.717, 1.165) is 12.6 Å². The topological polar surface area (TPSA) is 19.0 Å². The molecule has 0 bridgehead atoms. The van der Waals surface area contributed by atoms with Crippen LogP contribution in [0.15, 0.2) is 0 Å². The Hall–Kier alpha value is -0.120. The highest BCUT2D eigenvalue weighted by atomic mass is 16.6. The molecule has 0 aromatic carbocycles. The van der Waals surface area contributed by atoms with E-state index in [2.05, 4.69) is 9.80 Å². The van der Waals surface area contributed by atoms with Crippen molar-refractivity contribution in [3.8, 4) is 0 Å². The summed E-state index contributed by atoms with van der Waals surface area (Å²) in [5.74, 6) is 0. The summed E-state index contributed by atoms with van der Waals surface area (Å²) in [6.07, 6.45) is 6.19. The van der Waals surface area contributed by atoms with Crippen molar-refractivity contribution in [2.75, 3.05) is 39.3 Å². The smallest absolute Gasteiger partial charge is 0.0936 e. The van der Waals surface area contributed by atoms with Crippen molar-refractivity contribution in [3.63, 3.8) is 0 Å². The normalized spacial score (nSPS) is 34.8.